The predicted molar refractivity (Wildman–Crippen MR) is 68.6 cm³/mol. The lowest BCUT2D eigenvalue weighted by Gasteiger charge is -2.12. The number of hydrogen-bond donors (Lipinski definition) is 1. The fourth-order valence-corrected chi connectivity index (χ4v) is 2.83. The van der Waals surface area contributed by atoms with E-state index in [1.807, 2.05) is 6.92 Å². The van der Waals surface area contributed by atoms with Gasteiger partial charge in [0, 0.05) is 0 Å². The molecule has 2 aromatic rings. The van der Waals surface area contributed by atoms with Crippen molar-refractivity contribution in [3.63, 3.8) is 0 Å². The molecule has 1 N–H and O–H groups in total. The molecule has 5 heteroatoms. The highest BCUT2D eigenvalue weighted by molar-refractivity contribution is 7.89. The second kappa shape index (κ2) is 4.96. The molecule has 1 atom stereocenters. The van der Waals surface area contributed by atoms with E-state index in [4.69, 9.17) is 4.42 Å². The number of hydrogen-bond acceptors (Lipinski definition) is 3. The Labute approximate surface area is 107 Å². The molecule has 0 aliphatic carbocycles. The smallest absolute Gasteiger partial charge is 0.241 e. The third-order valence-corrected chi connectivity index (χ3v) is 4.19. The highest BCUT2D eigenvalue weighted by atomic mass is 32.2. The third kappa shape index (κ3) is 2.80. The summed E-state index contributed by atoms with van der Waals surface area (Å²) in [6.45, 7) is 3.65. The zero-order chi connectivity index (χ0) is 13.2. The van der Waals surface area contributed by atoms with Gasteiger partial charge < -0.3 is 4.42 Å². The van der Waals surface area contributed by atoms with Gasteiger partial charge in [-0.1, -0.05) is 17.7 Å². The van der Waals surface area contributed by atoms with Crippen LogP contribution in [0.3, 0.4) is 0 Å². The van der Waals surface area contributed by atoms with Crippen LogP contribution in [0.15, 0.2) is 52.0 Å². The summed E-state index contributed by atoms with van der Waals surface area (Å²) in [5.41, 5.74) is 1.02. The molecule has 0 radical (unpaired) electrons. The van der Waals surface area contributed by atoms with Crippen LogP contribution in [0, 0.1) is 6.92 Å². The van der Waals surface area contributed by atoms with Gasteiger partial charge in [-0.15, -0.1) is 0 Å². The van der Waals surface area contributed by atoms with Crippen LogP contribution < -0.4 is 4.72 Å². The SMILES string of the molecule is Cc1ccc(S(=O)(=O)N[C@@H](C)c2ccco2)cc1. The van der Waals surface area contributed by atoms with Crippen LogP contribution >= 0.6 is 0 Å². The number of nitrogens with one attached hydrogen (secondary N) is 1. The van der Waals surface area contributed by atoms with Gasteiger partial charge in [0.1, 0.15) is 5.76 Å². The fraction of sp³-hybridized carbons (Fsp3) is 0.231. The van der Waals surface area contributed by atoms with E-state index in [0.29, 0.717) is 5.76 Å². The summed E-state index contributed by atoms with van der Waals surface area (Å²) < 4.78 is 31.9. The number of aryl methyl sites for hydroxylation is 1. The summed E-state index contributed by atoms with van der Waals surface area (Å²) in [7, 11) is -3.51. The molecule has 0 unspecified atom stereocenters. The molecule has 4 nitrogen and oxygen atoms in total. The molecular formula is C13H15NO3S. The first kappa shape index (κ1) is 12.9. The predicted octanol–water partition coefficient (Wildman–Crippen LogP) is 2.63. The van der Waals surface area contributed by atoms with E-state index in [2.05, 4.69) is 4.72 Å². The van der Waals surface area contributed by atoms with Gasteiger partial charge in [0.15, 0.2) is 0 Å². The highest BCUT2D eigenvalue weighted by Crippen LogP contribution is 2.17. The maximum absolute atomic E-state index is 12.1. The maximum Gasteiger partial charge on any atom is 0.241 e. The van der Waals surface area contributed by atoms with Crippen molar-refractivity contribution in [2.45, 2.75) is 24.8 Å². The highest BCUT2D eigenvalue weighted by Gasteiger charge is 2.19. The quantitative estimate of drug-likeness (QED) is 0.924. The van der Waals surface area contributed by atoms with Gasteiger partial charge in [0.2, 0.25) is 10.0 Å². The van der Waals surface area contributed by atoms with Crippen molar-refractivity contribution in [2.24, 2.45) is 0 Å². The third-order valence-electron chi connectivity index (χ3n) is 2.63. The normalized spacial score (nSPS) is 13.4. The Kier molecular flexibility index (Phi) is 3.54. The van der Waals surface area contributed by atoms with E-state index in [1.165, 1.54) is 6.26 Å². The number of rotatable bonds is 4. The minimum Gasteiger partial charge on any atom is -0.468 e. The van der Waals surface area contributed by atoms with Crippen LogP contribution in [0.25, 0.3) is 0 Å². The Morgan fingerprint density at radius 2 is 1.83 bits per heavy atom. The van der Waals surface area contributed by atoms with Crippen molar-refractivity contribution >= 4 is 10.0 Å². The Morgan fingerprint density at radius 3 is 2.39 bits per heavy atom. The molecule has 96 valence electrons. The largest absolute Gasteiger partial charge is 0.468 e. The summed E-state index contributed by atoms with van der Waals surface area (Å²) >= 11 is 0. The number of furan rings is 1. The minimum atomic E-state index is -3.51. The van der Waals surface area contributed by atoms with E-state index >= 15 is 0 Å². The van der Waals surface area contributed by atoms with Crippen molar-refractivity contribution in [3.05, 3.63) is 54.0 Å². The van der Waals surface area contributed by atoms with Crippen molar-refractivity contribution in [2.75, 3.05) is 0 Å². The van der Waals surface area contributed by atoms with E-state index in [0.717, 1.165) is 5.56 Å². The lowest BCUT2D eigenvalue weighted by atomic mass is 10.2. The van der Waals surface area contributed by atoms with Gasteiger partial charge in [0.05, 0.1) is 17.2 Å². The molecule has 0 saturated carbocycles. The van der Waals surface area contributed by atoms with Gasteiger partial charge in [-0.05, 0) is 38.1 Å². The lowest BCUT2D eigenvalue weighted by molar-refractivity contribution is 0.459. The average Bonchev–Trinajstić information content (AvgIpc) is 2.82. The molecule has 0 bridgehead atoms. The molecule has 0 spiro atoms. The molecule has 0 aliphatic rings. The Morgan fingerprint density at radius 1 is 1.17 bits per heavy atom. The first-order valence-electron chi connectivity index (χ1n) is 5.61. The molecule has 1 aromatic carbocycles. The van der Waals surface area contributed by atoms with Crippen LogP contribution in [-0.2, 0) is 10.0 Å². The first-order chi connectivity index (χ1) is 8.49. The van der Waals surface area contributed by atoms with Crippen molar-refractivity contribution in [3.8, 4) is 0 Å². The van der Waals surface area contributed by atoms with Crippen LogP contribution in [0.1, 0.15) is 24.3 Å². The van der Waals surface area contributed by atoms with E-state index in [9.17, 15) is 8.42 Å². The molecular weight excluding hydrogens is 250 g/mol. The summed E-state index contributed by atoms with van der Waals surface area (Å²) in [4.78, 5) is 0.256. The van der Waals surface area contributed by atoms with Gasteiger partial charge in [-0.2, -0.15) is 0 Å². The van der Waals surface area contributed by atoms with Gasteiger partial charge >= 0.3 is 0 Å². The van der Waals surface area contributed by atoms with Crippen LogP contribution in [0.5, 0.6) is 0 Å². The van der Waals surface area contributed by atoms with Gasteiger partial charge in [-0.3, -0.25) is 0 Å². The topological polar surface area (TPSA) is 59.3 Å². The Bertz CT molecular complexity index is 600. The average molecular weight is 265 g/mol. The maximum atomic E-state index is 12.1. The Balaban J connectivity index is 2.20. The van der Waals surface area contributed by atoms with Crippen molar-refractivity contribution in [1.82, 2.24) is 4.72 Å². The Hall–Kier alpha value is -1.59. The summed E-state index contributed by atoms with van der Waals surface area (Å²) in [6.07, 6.45) is 1.52. The monoisotopic (exact) mass is 265 g/mol. The molecule has 0 fully saturated rings. The van der Waals surface area contributed by atoms with Crippen molar-refractivity contribution in [1.29, 1.82) is 0 Å². The summed E-state index contributed by atoms with van der Waals surface area (Å²) in [5.74, 6) is 0.589. The summed E-state index contributed by atoms with van der Waals surface area (Å²) in [6, 6.07) is 9.79. The van der Waals surface area contributed by atoms with E-state index in [1.54, 1.807) is 43.3 Å². The van der Waals surface area contributed by atoms with Gasteiger partial charge in [-0.25, -0.2) is 13.1 Å². The molecule has 1 heterocycles. The standard InChI is InChI=1S/C13H15NO3S/c1-10-5-7-12(8-6-10)18(15,16)14-11(2)13-4-3-9-17-13/h3-9,11,14H,1-2H3/t11-/m0/s1. The second-order valence-corrected chi connectivity index (χ2v) is 5.89. The molecule has 0 saturated heterocycles. The molecule has 0 aliphatic heterocycles. The van der Waals surface area contributed by atoms with Crippen LogP contribution in [0.4, 0.5) is 0 Å². The zero-order valence-electron chi connectivity index (χ0n) is 10.3. The van der Waals surface area contributed by atoms with Gasteiger partial charge in [0.25, 0.3) is 0 Å². The summed E-state index contributed by atoms with van der Waals surface area (Å²) in [5, 5.41) is 0. The number of sulfonamides is 1. The molecule has 2 rings (SSSR count). The second-order valence-electron chi connectivity index (χ2n) is 4.17. The van der Waals surface area contributed by atoms with E-state index in [-0.39, 0.29) is 4.90 Å². The van der Waals surface area contributed by atoms with E-state index < -0.39 is 16.1 Å². The number of benzene rings is 1. The molecule has 18 heavy (non-hydrogen) atoms. The van der Waals surface area contributed by atoms with Crippen LogP contribution in [0.2, 0.25) is 0 Å². The molecule has 0 amide bonds. The van der Waals surface area contributed by atoms with Crippen LogP contribution in [-0.4, -0.2) is 8.42 Å². The minimum absolute atomic E-state index is 0.256. The fourth-order valence-electron chi connectivity index (χ4n) is 1.61. The zero-order valence-corrected chi connectivity index (χ0v) is 11.1. The molecule has 1 aromatic heterocycles. The van der Waals surface area contributed by atoms with Crippen molar-refractivity contribution < 1.29 is 12.8 Å². The first-order valence-corrected chi connectivity index (χ1v) is 7.10. The lowest BCUT2D eigenvalue weighted by Crippen LogP contribution is -2.26.